The van der Waals surface area contributed by atoms with Crippen molar-refractivity contribution >= 4 is 5.91 Å². The minimum atomic E-state index is -0.0323. The first-order valence-electron chi connectivity index (χ1n) is 7.19. The van der Waals surface area contributed by atoms with Crippen molar-refractivity contribution in [1.82, 2.24) is 5.32 Å². The second-order valence-electron chi connectivity index (χ2n) is 5.13. The summed E-state index contributed by atoms with van der Waals surface area (Å²) in [5.74, 6) is 1.60. The number of ether oxygens (including phenoxy) is 2. The standard InChI is InChI=1S/C16H25NO4/c1-12(11-18)5-4-8-17-16(19)9-13-6-7-14(20-2)10-15(13)21-3/h6-7,10,12,18H,4-5,8-9,11H2,1-3H3,(H,17,19). The zero-order valence-corrected chi connectivity index (χ0v) is 13.0. The van der Waals surface area contributed by atoms with Gasteiger partial charge in [-0.25, -0.2) is 0 Å². The van der Waals surface area contributed by atoms with E-state index < -0.39 is 0 Å². The predicted molar refractivity (Wildman–Crippen MR) is 81.7 cm³/mol. The molecule has 0 heterocycles. The summed E-state index contributed by atoms with van der Waals surface area (Å²) in [6.45, 7) is 2.81. The van der Waals surface area contributed by atoms with Crippen LogP contribution in [0.25, 0.3) is 0 Å². The van der Waals surface area contributed by atoms with Gasteiger partial charge in [0.05, 0.1) is 20.6 Å². The fraction of sp³-hybridized carbons (Fsp3) is 0.562. The van der Waals surface area contributed by atoms with E-state index in [9.17, 15) is 4.79 Å². The van der Waals surface area contributed by atoms with Crippen LogP contribution < -0.4 is 14.8 Å². The molecule has 0 aliphatic heterocycles. The Hall–Kier alpha value is -1.75. The van der Waals surface area contributed by atoms with Gasteiger partial charge < -0.3 is 19.9 Å². The van der Waals surface area contributed by atoms with Crippen LogP contribution >= 0.6 is 0 Å². The lowest BCUT2D eigenvalue weighted by Gasteiger charge is -2.11. The first-order chi connectivity index (χ1) is 10.1. The molecule has 2 N–H and O–H groups in total. The average Bonchev–Trinajstić information content (AvgIpc) is 2.51. The maximum atomic E-state index is 11.9. The van der Waals surface area contributed by atoms with E-state index in [-0.39, 0.29) is 24.9 Å². The Kier molecular flexibility index (Phi) is 7.61. The lowest BCUT2D eigenvalue weighted by Crippen LogP contribution is -2.26. The summed E-state index contributed by atoms with van der Waals surface area (Å²) in [7, 11) is 3.17. The van der Waals surface area contributed by atoms with Crippen LogP contribution in [-0.4, -0.2) is 38.4 Å². The van der Waals surface area contributed by atoms with E-state index in [1.54, 1.807) is 20.3 Å². The molecule has 1 atom stereocenters. The number of rotatable bonds is 9. The normalized spacial score (nSPS) is 11.8. The summed E-state index contributed by atoms with van der Waals surface area (Å²) >= 11 is 0. The van der Waals surface area contributed by atoms with Crippen LogP contribution in [0.15, 0.2) is 18.2 Å². The topological polar surface area (TPSA) is 67.8 Å². The molecule has 0 aliphatic rings. The molecular formula is C16H25NO4. The highest BCUT2D eigenvalue weighted by atomic mass is 16.5. The Morgan fingerprint density at radius 3 is 2.71 bits per heavy atom. The van der Waals surface area contributed by atoms with Crippen LogP contribution in [0, 0.1) is 5.92 Å². The molecule has 0 bridgehead atoms. The van der Waals surface area contributed by atoms with Crippen molar-refractivity contribution in [2.24, 2.45) is 5.92 Å². The lowest BCUT2D eigenvalue weighted by molar-refractivity contribution is -0.120. The molecule has 0 radical (unpaired) electrons. The van der Waals surface area contributed by atoms with E-state index in [1.165, 1.54) is 0 Å². The molecular weight excluding hydrogens is 270 g/mol. The number of amides is 1. The second kappa shape index (κ2) is 9.23. The van der Waals surface area contributed by atoms with E-state index in [1.807, 2.05) is 19.1 Å². The molecule has 0 aliphatic carbocycles. The number of aliphatic hydroxyl groups is 1. The number of benzene rings is 1. The minimum absolute atomic E-state index is 0.0323. The van der Waals surface area contributed by atoms with Crippen LogP contribution in [0.2, 0.25) is 0 Å². The van der Waals surface area contributed by atoms with Gasteiger partial charge in [0.1, 0.15) is 11.5 Å². The van der Waals surface area contributed by atoms with Gasteiger partial charge in [-0.2, -0.15) is 0 Å². The second-order valence-corrected chi connectivity index (χ2v) is 5.13. The van der Waals surface area contributed by atoms with E-state index in [0.717, 1.165) is 18.4 Å². The van der Waals surface area contributed by atoms with Crippen LogP contribution in [0.4, 0.5) is 0 Å². The molecule has 1 rings (SSSR count). The number of aliphatic hydroxyl groups excluding tert-OH is 1. The van der Waals surface area contributed by atoms with Crippen LogP contribution in [-0.2, 0) is 11.2 Å². The van der Waals surface area contributed by atoms with E-state index in [2.05, 4.69) is 5.32 Å². The third-order valence-electron chi connectivity index (χ3n) is 3.35. The fourth-order valence-electron chi connectivity index (χ4n) is 2.00. The van der Waals surface area contributed by atoms with Crippen molar-refractivity contribution in [1.29, 1.82) is 0 Å². The van der Waals surface area contributed by atoms with Crippen molar-refractivity contribution in [2.45, 2.75) is 26.2 Å². The number of carbonyl (C=O) groups excluding carboxylic acids is 1. The van der Waals surface area contributed by atoms with Gasteiger partial charge in [-0.1, -0.05) is 13.0 Å². The quantitative estimate of drug-likeness (QED) is 0.681. The zero-order chi connectivity index (χ0) is 15.7. The van der Waals surface area contributed by atoms with Gasteiger partial charge in [0, 0.05) is 24.8 Å². The Morgan fingerprint density at radius 2 is 2.10 bits per heavy atom. The third-order valence-corrected chi connectivity index (χ3v) is 3.35. The molecule has 0 saturated carbocycles. The number of nitrogens with one attached hydrogen (secondary N) is 1. The van der Waals surface area contributed by atoms with Gasteiger partial charge in [0.25, 0.3) is 0 Å². The number of hydrogen-bond acceptors (Lipinski definition) is 4. The van der Waals surface area contributed by atoms with Gasteiger partial charge in [-0.05, 0) is 24.8 Å². The van der Waals surface area contributed by atoms with Crippen molar-refractivity contribution in [3.63, 3.8) is 0 Å². The number of hydrogen-bond donors (Lipinski definition) is 2. The highest BCUT2D eigenvalue weighted by Gasteiger charge is 2.10. The molecule has 118 valence electrons. The van der Waals surface area contributed by atoms with Crippen molar-refractivity contribution < 1.29 is 19.4 Å². The Bertz CT molecular complexity index is 448. The number of carbonyl (C=O) groups is 1. The molecule has 5 nitrogen and oxygen atoms in total. The highest BCUT2D eigenvalue weighted by molar-refractivity contribution is 5.79. The van der Waals surface area contributed by atoms with Gasteiger partial charge in [0.2, 0.25) is 5.91 Å². The third kappa shape index (κ3) is 6.04. The van der Waals surface area contributed by atoms with Gasteiger partial charge in [-0.15, -0.1) is 0 Å². The molecule has 0 spiro atoms. The fourth-order valence-corrected chi connectivity index (χ4v) is 2.00. The summed E-state index contributed by atoms with van der Waals surface area (Å²) < 4.78 is 10.4. The maximum absolute atomic E-state index is 11.9. The molecule has 0 saturated heterocycles. The van der Waals surface area contributed by atoms with Crippen molar-refractivity contribution in [2.75, 3.05) is 27.4 Å². The van der Waals surface area contributed by atoms with E-state index in [0.29, 0.717) is 18.0 Å². The van der Waals surface area contributed by atoms with E-state index >= 15 is 0 Å². The Labute approximate surface area is 126 Å². The Morgan fingerprint density at radius 1 is 1.33 bits per heavy atom. The molecule has 1 amide bonds. The highest BCUT2D eigenvalue weighted by Crippen LogP contribution is 2.24. The molecule has 1 aromatic carbocycles. The van der Waals surface area contributed by atoms with E-state index in [4.69, 9.17) is 14.6 Å². The first kappa shape index (κ1) is 17.3. The minimum Gasteiger partial charge on any atom is -0.497 e. The molecule has 0 aromatic heterocycles. The van der Waals surface area contributed by atoms with Crippen molar-refractivity contribution in [3.05, 3.63) is 23.8 Å². The van der Waals surface area contributed by atoms with Crippen LogP contribution in [0.1, 0.15) is 25.3 Å². The van der Waals surface area contributed by atoms with Crippen LogP contribution in [0.5, 0.6) is 11.5 Å². The zero-order valence-electron chi connectivity index (χ0n) is 13.0. The largest absolute Gasteiger partial charge is 0.497 e. The average molecular weight is 295 g/mol. The molecule has 0 fully saturated rings. The van der Waals surface area contributed by atoms with Crippen LogP contribution in [0.3, 0.4) is 0 Å². The summed E-state index contributed by atoms with van der Waals surface area (Å²) in [5, 5.41) is 11.8. The predicted octanol–water partition coefficient (Wildman–Crippen LogP) is 1.77. The molecule has 1 aromatic rings. The summed E-state index contributed by atoms with van der Waals surface area (Å²) in [4.78, 5) is 11.9. The molecule has 1 unspecified atom stereocenters. The summed E-state index contributed by atoms with van der Waals surface area (Å²) in [5.41, 5.74) is 0.833. The molecule has 21 heavy (non-hydrogen) atoms. The van der Waals surface area contributed by atoms with Gasteiger partial charge >= 0.3 is 0 Å². The van der Waals surface area contributed by atoms with Gasteiger partial charge in [-0.3, -0.25) is 4.79 Å². The monoisotopic (exact) mass is 295 g/mol. The SMILES string of the molecule is COc1ccc(CC(=O)NCCCC(C)CO)c(OC)c1. The Balaban J connectivity index is 2.44. The smallest absolute Gasteiger partial charge is 0.224 e. The van der Waals surface area contributed by atoms with Gasteiger partial charge in [0.15, 0.2) is 0 Å². The van der Waals surface area contributed by atoms with Crippen molar-refractivity contribution in [3.8, 4) is 11.5 Å². The maximum Gasteiger partial charge on any atom is 0.224 e. The number of methoxy groups -OCH3 is 2. The first-order valence-corrected chi connectivity index (χ1v) is 7.19. The summed E-state index contributed by atoms with van der Waals surface area (Å²) in [6, 6.07) is 5.42. The molecule has 5 heteroatoms. The summed E-state index contributed by atoms with van der Waals surface area (Å²) in [6.07, 6.45) is 2.05. The lowest BCUT2D eigenvalue weighted by atomic mass is 10.1.